The van der Waals surface area contributed by atoms with E-state index in [-0.39, 0.29) is 11.9 Å². The second kappa shape index (κ2) is 6.41. The van der Waals surface area contributed by atoms with Gasteiger partial charge in [0.25, 0.3) is 0 Å². The molecule has 3 rings (SSSR count). The summed E-state index contributed by atoms with van der Waals surface area (Å²) >= 11 is 0. The highest BCUT2D eigenvalue weighted by molar-refractivity contribution is 5.83. The van der Waals surface area contributed by atoms with Gasteiger partial charge in [0.05, 0.1) is 6.04 Å². The summed E-state index contributed by atoms with van der Waals surface area (Å²) in [5, 5.41) is 6.08. The minimum absolute atomic E-state index is 0.0646. The lowest BCUT2D eigenvalue weighted by Crippen LogP contribution is -2.35. The van der Waals surface area contributed by atoms with Crippen molar-refractivity contribution in [2.75, 3.05) is 6.54 Å². The number of para-hydroxylation sites is 1. The predicted octanol–water partition coefficient (Wildman–Crippen LogP) is 2.46. The third-order valence-corrected chi connectivity index (χ3v) is 3.50. The van der Waals surface area contributed by atoms with E-state index in [1.54, 1.807) is 0 Å². The van der Waals surface area contributed by atoms with Crippen LogP contribution in [0.15, 0.2) is 54.6 Å². The van der Waals surface area contributed by atoms with Crippen LogP contribution in [0.1, 0.15) is 12.0 Å². The zero-order valence-electron chi connectivity index (χ0n) is 11.7. The van der Waals surface area contributed by atoms with Gasteiger partial charge in [0.2, 0.25) is 5.91 Å². The molecule has 1 saturated heterocycles. The highest BCUT2D eigenvalue weighted by Crippen LogP contribution is 2.21. The van der Waals surface area contributed by atoms with Gasteiger partial charge in [-0.3, -0.25) is 4.79 Å². The summed E-state index contributed by atoms with van der Waals surface area (Å²) in [5.74, 6) is 1.73. The standard InChI is InChI=1S/C17H18N2O2/c20-17-16(10-11-18-17)19-12-13-6-8-15(9-7-13)21-14-4-2-1-3-5-14/h1-9,16,19H,10-12H2,(H,18,20). The van der Waals surface area contributed by atoms with Gasteiger partial charge in [-0.2, -0.15) is 0 Å². The largest absolute Gasteiger partial charge is 0.457 e. The van der Waals surface area contributed by atoms with E-state index in [9.17, 15) is 4.79 Å². The molecule has 0 aromatic heterocycles. The summed E-state index contributed by atoms with van der Waals surface area (Å²) < 4.78 is 5.74. The van der Waals surface area contributed by atoms with Crippen LogP contribution in [0.3, 0.4) is 0 Å². The summed E-state index contributed by atoms with van der Waals surface area (Å²) in [6, 6.07) is 17.5. The van der Waals surface area contributed by atoms with Gasteiger partial charge < -0.3 is 15.4 Å². The minimum atomic E-state index is -0.0646. The molecular weight excluding hydrogens is 264 g/mol. The Morgan fingerprint density at radius 2 is 1.76 bits per heavy atom. The molecule has 0 saturated carbocycles. The maximum atomic E-state index is 11.5. The van der Waals surface area contributed by atoms with E-state index in [1.807, 2.05) is 54.6 Å². The summed E-state index contributed by atoms with van der Waals surface area (Å²) in [6.07, 6.45) is 0.855. The zero-order chi connectivity index (χ0) is 14.5. The first-order valence-electron chi connectivity index (χ1n) is 7.14. The molecule has 2 N–H and O–H groups in total. The van der Waals surface area contributed by atoms with Crippen LogP contribution < -0.4 is 15.4 Å². The van der Waals surface area contributed by atoms with Gasteiger partial charge in [0, 0.05) is 13.1 Å². The molecule has 2 aromatic carbocycles. The summed E-state index contributed by atoms with van der Waals surface area (Å²) in [4.78, 5) is 11.5. The lowest BCUT2D eigenvalue weighted by molar-refractivity contribution is -0.120. The number of nitrogens with one attached hydrogen (secondary N) is 2. The van der Waals surface area contributed by atoms with Crippen LogP contribution in [0.5, 0.6) is 11.5 Å². The summed E-state index contributed by atoms with van der Waals surface area (Å²) in [6.45, 7) is 1.45. The Bertz CT molecular complexity index is 596. The average molecular weight is 282 g/mol. The number of ether oxygens (including phenoxy) is 1. The maximum Gasteiger partial charge on any atom is 0.237 e. The van der Waals surface area contributed by atoms with Gasteiger partial charge >= 0.3 is 0 Å². The van der Waals surface area contributed by atoms with Crippen LogP contribution in [-0.4, -0.2) is 18.5 Å². The fraction of sp³-hybridized carbons (Fsp3) is 0.235. The Hall–Kier alpha value is -2.33. The van der Waals surface area contributed by atoms with Crippen LogP contribution in [-0.2, 0) is 11.3 Å². The van der Waals surface area contributed by atoms with E-state index in [4.69, 9.17) is 4.74 Å². The first-order chi connectivity index (χ1) is 10.3. The van der Waals surface area contributed by atoms with Gasteiger partial charge in [-0.1, -0.05) is 30.3 Å². The molecule has 1 atom stereocenters. The van der Waals surface area contributed by atoms with Gasteiger partial charge in [0.1, 0.15) is 11.5 Å². The topological polar surface area (TPSA) is 50.4 Å². The highest BCUT2D eigenvalue weighted by Gasteiger charge is 2.22. The first kappa shape index (κ1) is 13.6. The second-order valence-electron chi connectivity index (χ2n) is 5.07. The number of carbonyl (C=O) groups excluding carboxylic acids is 1. The Kier molecular flexibility index (Phi) is 4.17. The summed E-state index contributed by atoms with van der Waals surface area (Å²) in [7, 11) is 0. The van der Waals surface area contributed by atoms with Crippen LogP contribution in [0.25, 0.3) is 0 Å². The minimum Gasteiger partial charge on any atom is -0.457 e. The fourth-order valence-corrected chi connectivity index (χ4v) is 2.33. The van der Waals surface area contributed by atoms with Crippen molar-refractivity contribution in [3.63, 3.8) is 0 Å². The number of carbonyl (C=O) groups is 1. The van der Waals surface area contributed by atoms with Crippen LogP contribution >= 0.6 is 0 Å². The molecule has 0 aliphatic carbocycles. The van der Waals surface area contributed by atoms with E-state index < -0.39 is 0 Å². The monoisotopic (exact) mass is 282 g/mol. The molecule has 1 fully saturated rings. The molecule has 4 heteroatoms. The molecule has 4 nitrogen and oxygen atoms in total. The molecule has 0 radical (unpaired) electrons. The molecule has 1 aliphatic heterocycles. The van der Waals surface area contributed by atoms with Crippen molar-refractivity contribution in [2.45, 2.75) is 19.0 Å². The molecule has 1 amide bonds. The van der Waals surface area contributed by atoms with Gasteiger partial charge in [0.15, 0.2) is 0 Å². The van der Waals surface area contributed by atoms with Crippen molar-refractivity contribution in [1.82, 2.24) is 10.6 Å². The number of hydrogen-bond donors (Lipinski definition) is 2. The van der Waals surface area contributed by atoms with Gasteiger partial charge in [-0.25, -0.2) is 0 Å². The van der Waals surface area contributed by atoms with Crippen molar-refractivity contribution in [3.05, 3.63) is 60.2 Å². The lowest BCUT2D eigenvalue weighted by atomic mass is 10.2. The Labute approximate surface area is 124 Å². The lowest BCUT2D eigenvalue weighted by Gasteiger charge is -2.10. The quantitative estimate of drug-likeness (QED) is 0.885. The van der Waals surface area contributed by atoms with E-state index in [0.29, 0.717) is 6.54 Å². The van der Waals surface area contributed by atoms with Crippen molar-refractivity contribution < 1.29 is 9.53 Å². The first-order valence-corrected chi connectivity index (χ1v) is 7.14. The Balaban J connectivity index is 1.55. The van der Waals surface area contributed by atoms with E-state index >= 15 is 0 Å². The number of amides is 1. The fourth-order valence-electron chi connectivity index (χ4n) is 2.33. The number of benzene rings is 2. The SMILES string of the molecule is O=C1NCCC1NCc1ccc(Oc2ccccc2)cc1. The van der Waals surface area contributed by atoms with Crippen molar-refractivity contribution in [3.8, 4) is 11.5 Å². The molecule has 0 spiro atoms. The van der Waals surface area contributed by atoms with Crippen LogP contribution in [0.4, 0.5) is 0 Å². The third kappa shape index (κ3) is 3.61. The highest BCUT2D eigenvalue weighted by atomic mass is 16.5. The second-order valence-corrected chi connectivity index (χ2v) is 5.07. The number of hydrogen-bond acceptors (Lipinski definition) is 3. The normalized spacial score (nSPS) is 17.5. The molecule has 2 aromatic rings. The Morgan fingerprint density at radius 3 is 2.43 bits per heavy atom. The molecule has 108 valence electrons. The van der Waals surface area contributed by atoms with E-state index in [1.165, 1.54) is 0 Å². The molecule has 1 aliphatic rings. The summed E-state index contributed by atoms with van der Waals surface area (Å²) in [5.41, 5.74) is 1.13. The van der Waals surface area contributed by atoms with E-state index in [0.717, 1.165) is 30.0 Å². The van der Waals surface area contributed by atoms with Crippen LogP contribution in [0.2, 0.25) is 0 Å². The Morgan fingerprint density at radius 1 is 1.05 bits per heavy atom. The molecule has 21 heavy (non-hydrogen) atoms. The van der Waals surface area contributed by atoms with Crippen molar-refractivity contribution in [2.24, 2.45) is 0 Å². The molecular formula is C17H18N2O2. The average Bonchev–Trinajstić information content (AvgIpc) is 2.93. The smallest absolute Gasteiger partial charge is 0.237 e. The predicted molar refractivity (Wildman–Crippen MR) is 81.2 cm³/mol. The molecule has 1 heterocycles. The molecule has 0 bridgehead atoms. The third-order valence-electron chi connectivity index (χ3n) is 3.50. The zero-order valence-corrected chi connectivity index (χ0v) is 11.7. The van der Waals surface area contributed by atoms with Crippen LogP contribution in [0, 0.1) is 0 Å². The van der Waals surface area contributed by atoms with Gasteiger partial charge in [-0.15, -0.1) is 0 Å². The van der Waals surface area contributed by atoms with Gasteiger partial charge in [-0.05, 0) is 36.2 Å². The van der Waals surface area contributed by atoms with Crippen molar-refractivity contribution >= 4 is 5.91 Å². The molecule has 1 unspecified atom stereocenters. The van der Waals surface area contributed by atoms with Crippen molar-refractivity contribution in [1.29, 1.82) is 0 Å². The maximum absolute atomic E-state index is 11.5. The van der Waals surface area contributed by atoms with E-state index in [2.05, 4.69) is 10.6 Å². The number of rotatable bonds is 5.